The number of rotatable bonds is 7. The van der Waals surface area contributed by atoms with Gasteiger partial charge in [0, 0.05) is 16.2 Å². The summed E-state index contributed by atoms with van der Waals surface area (Å²) in [5.74, 6) is 0.121. The second-order valence-electron chi connectivity index (χ2n) is 5.87. The number of Topliss-reactive ketones (excluding diaryl/α,β-unsaturated/α-hetero) is 1. The van der Waals surface area contributed by atoms with Gasteiger partial charge in [-0.3, -0.25) is 4.79 Å². The summed E-state index contributed by atoms with van der Waals surface area (Å²) >= 11 is 5.94. The first-order valence-corrected chi connectivity index (χ1v) is 8.55. The lowest BCUT2D eigenvalue weighted by Crippen LogP contribution is -2.04. The Morgan fingerprint density at radius 1 is 1.00 bits per heavy atom. The Morgan fingerprint density at radius 2 is 1.65 bits per heavy atom. The molecule has 0 aliphatic carbocycles. The summed E-state index contributed by atoms with van der Waals surface area (Å²) in [5.41, 5.74) is 3.80. The van der Waals surface area contributed by atoms with E-state index in [1.807, 2.05) is 61.5 Å². The van der Waals surface area contributed by atoms with Gasteiger partial charge in [0.1, 0.15) is 0 Å². The maximum absolute atomic E-state index is 12.8. The molecule has 0 amide bonds. The maximum atomic E-state index is 12.8. The van der Waals surface area contributed by atoms with E-state index in [0.29, 0.717) is 5.02 Å². The molecule has 0 aromatic heterocycles. The van der Waals surface area contributed by atoms with Gasteiger partial charge >= 0.3 is 0 Å². The predicted octanol–water partition coefficient (Wildman–Crippen LogP) is 6.50. The van der Waals surface area contributed by atoms with Gasteiger partial charge in [-0.2, -0.15) is 0 Å². The number of halogens is 1. The first-order valence-electron chi connectivity index (χ1n) is 8.17. The van der Waals surface area contributed by atoms with Crippen LogP contribution in [0.2, 0.25) is 5.02 Å². The summed E-state index contributed by atoms with van der Waals surface area (Å²) in [6.45, 7) is 4.20. The number of unbranched alkanes of at least 4 members (excludes halogenated alkanes) is 2. The molecular formula is C21H23ClO. The number of carbonyl (C=O) groups is 1. The van der Waals surface area contributed by atoms with Crippen molar-refractivity contribution in [2.75, 3.05) is 0 Å². The molecule has 0 spiro atoms. The Bertz CT molecular complexity index is 666. The Kier molecular flexibility index (Phi) is 6.61. The van der Waals surface area contributed by atoms with Crippen molar-refractivity contribution >= 4 is 23.5 Å². The van der Waals surface area contributed by atoms with Gasteiger partial charge in [0.2, 0.25) is 0 Å². The monoisotopic (exact) mass is 326 g/mol. The van der Waals surface area contributed by atoms with E-state index in [4.69, 9.17) is 11.6 Å². The molecule has 0 radical (unpaired) electrons. The summed E-state index contributed by atoms with van der Waals surface area (Å²) in [6.07, 6.45) is 6.12. The van der Waals surface area contributed by atoms with Gasteiger partial charge in [-0.25, -0.2) is 0 Å². The van der Waals surface area contributed by atoms with Crippen molar-refractivity contribution in [2.24, 2.45) is 0 Å². The fourth-order valence-corrected chi connectivity index (χ4v) is 2.59. The fraction of sp³-hybridized carbons (Fsp3) is 0.286. The van der Waals surface area contributed by atoms with Crippen LogP contribution in [0.25, 0.3) is 6.08 Å². The van der Waals surface area contributed by atoms with E-state index in [2.05, 4.69) is 6.92 Å². The highest BCUT2D eigenvalue weighted by atomic mass is 35.5. The largest absolute Gasteiger partial charge is 0.289 e. The van der Waals surface area contributed by atoms with Crippen LogP contribution in [0.5, 0.6) is 0 Å². The van der Waals surface area contributed by atoms with Crippen molar-refractivity contribution in [1.29, 1.82) is 0 Å². The van der Waals surface area contributed by atoms with Gasteiger partial charge in [-0.15, -0.1) is 0 Å². The topological polar surface area (TPSA) is 17.1 Å². The third kappa shape index (κ3) is 5.37. The number of benzene rings is 2. The Morgan fingerprint density at radius 3 is 2.26 bits per heavy atom. The van der Waals surface area contributed by atoms with Gasteiger partial charge in [0.15, 0.2) is 5.78 Å². The van der Waals surface area contributed by atoms with Gasteiger partial charge in [0.05, 0.1) is 0 Å². The van der Waals surface area contributed by atoms with Crippen molar-refractivity contribution in [3.05, 3.63) is 75.8 Å². The molecule has 0 heterocycles. The fourth-order valence-electron chi connectivity index (χ4n) is 2.47. The SMILES string of the molecule is CCCCCC(=Cc1ccc(Cl)cc1)C(=O)c1ccc(C)cc1. The Balaban J connectivity index is 2.27. The molecule has 2 heteroatoms. The normalized spacial score (nSPS) is 11.5. The average molecular weight is 327 g/mol. The van der Waals surface area contributed by atoms with Crippen LogP contribution in [0.15, 0.2) is 54.1 Å². The number of carbonyl (C=O) groups excluding carboxylic acids is 1. The van der Waals surface area contributed by atoms with Crippen molar-refractivity contribution in [3.8, 4) is 0 Å². The predicted molar refractivity (Wildman–Crippen MR) is 99.1 cm³/mol. The quantitative estimate of drug-likeness (QED) is 0.322. The molecular weight excluding hydrogens is 304 g/mol. The lowest BCUT2D eigenvalue weighted by atomic mass is 9.96. The number of ketones is 1. The van der Waals surface area contributed by atoms with Crippen LogP contribution in [0, 0.1) is 6.92 Å². The molecule has 0 N–H and O–H groups in total. The van der Waals surface area contributed by atoms with Crippen molar-refractivity contribution in [3.63, 3.8) is 0 Å². The number of allylic oxidation sites excluding steroid dienone is 1. The average Bonchev–Trinajstić information content (AvgIpc) is 2.56. The van der Waals surface area contributed by atoms with E-state index >= 15 is 0 Å². The number of hydrogen-bond donors (Lipinski definition) is 0. The number of aryl methyl sites for hydroxylation is 1. The highest BCUT2D eigenvalue weighted by Gasteiger charge is 2.12. The third-order valence-electron chi connectivity index (χ3n) is 3.87. The van der Waals surface area contributed by atoms with E-state index in [-0.39, 0.29) is 5.78 Å². The van der Waals surface area contributed by atoms with Crippen molar-refractivity contribution in [2.45, 2.75) is 39.5 Å². The summed E-state index contributed by atoms with van der Waals surface area (Å²) in [5, 5.41) is 0.708. The highest BCUT2D eigenvalue weighted by molar-refractivity contribution is 6.30. The van der Waals surface area contributed by atoms with E-state index in [1.165, 1.54) is 0 Å². The summed E-state index contributed by atoms with van der Waals surface area (Å²) in [4.78, 5) is 12.8. The molecule has 2 aromatic rings. The van der Waals surface area contributed by atoms with Crippen molar-refractivity contribution in [1.82, 2.24) is 0 Å². The van der Waals surface area contributed by atoms with Gasteiger partial charge in [-0.1, -0.05) is 73.3 Å². The highest BCUT2D eigenvalue weighted by Crippen LogP contribution is 2.20. The molecule has 0 atom stereocenters. The van der Waals surface area contributed by atoms with Crippen LogP contribution >= 0.6 is 11.6 Å². The van der Waals surface area contributed by atoms with Crippen LogP contribution in [-0.4, -0.2) is 5.78 Å². The molecule has 23 heavy (non-hydrogen) atoms. The molecule has 2 rings (SSSR count). The first-order chi connectivity index (χ1) is 11.1. The summed E-state index contributed by atoms with van der Waals surface area (Å²) in [7, 11) is 0. The van der Waals surface area contributed by atoms with E-state index < -0.39 is 0 Å². The smallest absolute Gasteiger partial charge is 0.189 e. The lowest BCUT2D eigenvalue weighted by molar-refractivity contribution is 0.103. The van der Waals surface area contributed by atoms with Crippen LogP contribution < -0.4 is 0 Å². The lowest BCUT2D eigenvalue weighted by Gasteiger charge is -2.08. The zero-order valence-electron chi connectivity index (χ0n) is 13.8. The van der Waals surface area contributed by atoms with E-state index in [0.717, 1.165) is 47.9 Å². The molecule has 0 saturated heterocycles. The molecule has 0 saturated carbocycles. The molecule has 0 bridgehead atoms. The Hall–Kier alpha value is -1.86. The molecule has 0 fully saturated rings. The minimum Gasteiger partial charge on any atom is -0.289 e. The second-order valence-corrected chi connectivity index (χ2v) is 6.31. The third-order valence-corrected chi connectivity index (χ3v) is 4.12. The molecule has 1 nitrogen and oxygen atoms in total. The van der Waals surface area contributed by atoms with Gasteiger partial charge in [0.25, 0.3) is 0 Å². The van der Waals surface area contributed by atoms with Crippen LogP contribution in [0.1, 0.15) is 54.1 Å². The molecule has 0 aliphatic rings. The first kappa shape index (κ1) is 17.5. The van der Waals surface area contributed by atoms with Crippen LogP contribution in [0.3, 0.4) is 0 Å². The molecule has 2 aromatic carbocycles. The van der Waals surface area contributed by atoms with Crippen LogP contribution in [-0.2, 0) is 0 Å². The van der Waals surface area contributed by atoms with E-state index in [1.54, 1.807) is 0 Å². The van der Waals surface area contributed by atoms with Crippen molar-refractivity contribution < 1.29 is 4.79 Å². The van der Waals surface area contributed by atoms with Gasteiger partial charge < -0.3 is 0 Å². The zero-order valence-corrected chi connectivity index (χ0v) is 14.6. The van der Waals surface area contributed by atoms with E-state index in [9.17, 15) is 4.79 Å². The van der Waals surface area contributed by atoms with Crippen LogP contribution in [0.4, 0.5) is 0 Å². The number of hydrogen-bond acceptors (Lipinski definition) is 1. The maximum Gasteiger partial charge on any atom is 0.189 e. The Labute approximate surface area is 144 Å². The minimum absolute atomic E-state index is 0.121. The minimum atomic E-state index is 0.121. The molecule has 0 aliphatic heterocycles. The second kappa shape index (κ2) is 8.69. The van der Waals surface area contributed by atoms with Gasteiger partial charge in [-0.05, 0) is 43.5 Å². The summed E-state index contributed by atoms with van der Waals surface area (Å²) < 4.78 is 0. The molecule has 0 unspecified atom stereocenters. The standard InChI is InChI=1S/C21H23ClO/c1-3-4-5-6-19(15-17-9-13-20(22)14-10-17)21(23)18-11-7-16(2)8-12-18/h7-15H,3-6H2,1-2H3. The zero-order chi connectivity index (χ0) is 16.7. The molecule has 120 valence electrons. The summed E-state index contributed by atoms with van der Waals surface area (Å²) in [6, 6.07) is 15.4.